The second-order valence-electron chi connectivity index (χ2n) is 3.59. The van der Waals surface area contributed by atoms with Crippen LogP contribution in [0.5, 0.6) is 0 Å². The molecule has 0 aliphatic heterocycles. The van der Waals surface area contributed by atoms with E-state index in [2.05, 4.69) is 15.9 Å². The van der Waals surface area contributed by atoms with Gasteiger partial charge in [-0.15, -0.1) is 0 Å². The highest BCUT2D eigenvalue weighted by Crippen LogP contribution is 1.97. The molecule has 3 unspecified atom stereocenters. The van der Waals surface area contributed by atoms with E-state index < -0.39 is 18.3 Å². The molecule has 0 radical (unpaired) electrons. The predicted octanol–water partition coefficient (Wildman–Crippen LogP) is -0.856. The molecular weight excluding hydrogens is 296 g/mol. The fourth-order valence-corrected chi connectivity index (χ4v) is 1.21. The van der Waals surface area contributed by atoms with Gasteiger partial charge in [-0.05, 0) is 0 Å². The van der Waals surface area contributed by atoms with Gasteiger partial charge in [-0.1, -0.05) is 15.9 Å². The van der Waals surface area contributed by atoms with Crippen molar-refractivity contribution in [3.63, 3.8) is 0 Å². The van der Waals surface area contributed by atoms with Gasteiger partial charge in [-0.2, -0.15) is 0 Å². The summed E-state index contributed by atoms with van der Waals surface area (Å²) in [7, 11) is 1.51. The van der Waals surface area contributed by atoms with E-state index in [9.17, 15) is 5.11 Å². The maximum absolute atomic E-state index is 9.48. The van der Waals surface area contributed by atoms with E-state index in [0.29, 0.717) is 5.33 Å². The number of aliphatic hydroxyl groups is 3. The van der Waals surface area contributed by atoms with Crippen LogP contribution in [0.2, 0.25) is 0 Å². The van der Waals surface area contributed by atoms with Crippen LogP contribution in [-0.2, 0) is 14.2 Å². The zero-order valence-electron chi connectivity index (χ0n) is 9.92. The van der Waals surface area contributed by atoms with Crippen molar-refractivity contribution in [2.45, 2.75) is 18.3 Å². The van der Waals surface area contributed by atoms with Gasteiger partial charge in [0.1, 0.15) is 12.2 Å². The summed E-state index contributed by atoms with van der Waals surface area (Å²) >= 11 is 3.10. The zero-order valence-corrected chi connectivity index (χ0v) is 11.5. The van der Waals surface area contributed by atoms with E-state index in [0.717, 1.165) is 0 Å². The van der Waals surface area contributed by atoms with Gasteiger partial charge in [0.15, 0.2) is 0 Å². The fourth-order valence-electron chi connectivity index (χ4n) is 1.02. The summed E-state index contributed by atoms with van der Waals surface area (Å²) in [4.78, 5) is 0. The summed E-state index contributed by atoms with van der Waals surface area (Å²) in [5, 5.41) is 28.0. The van der Waals surface area contributed by atoms with E-state index in [1.807, 2.05) is 0 Å². The molecule has 3 atom stereocenters. The number of rotatable bonds is 11. The SMILES string of the molecule is COCC(CO)OCC(O)COCC(O)CBr. The Bertz CT molecular complexity index is 171. The molecule has 0 aromatic carbocycles. The van der Waals surface area contributed by atoms with E-state index in [1.165, 1.54) is 7.11 Å². The van der Waals surface area contributed by atoms with Gasteiger partial charge in [-0.3, -0.25) is 0 Å². The Kier molecular flexibility index (Phi) is 11.5. The molecule has 0 saturated heterocycles. The average molecular weight is 317 g/mol. The summed E-state index contributed by atoms with van der Waals surface area (Å²) < 4.78 is 15.1. The molecule has 17 heavy (non-hydrogen) atoms. The number of halogens is 1. The zero-order chi connectivity index (χ0) is 13.1. The second-order valence-corrected chi connectivity index (χ2v) is 4.24. The Morgan fingerprint density at radius 2 is 1.71 bits per heavy atom. The number of hydrogen-bond acceptors (Lipinski definition) is 6. The molecule has 0 amide bonds. The molecule has 3 N–H and O–H groups in total. The molecule has 0 aromatic rings. The third kappa shape index (κ3) is 9.90. The quantitative estimate of drug-likeness (QED) is 0.430. The van der Waals surface area contributed by atoms with Crippen LogP contribution in [0.15, 0.2) is 0 Å². The normalized spacial score (nSPS) is 16.8. The first-order valence-electron chi connectivity index (χ1n) is 5.35. The molecular formula is C10H21BrO6. The van der Waals surface area contributed by atoms with Gasteiger partial charge in [0.05, 0.1) is 39.1 Å². The molecule has 0 spiro atoms. The highest BCUT2D eigenvalue weighted by molar-refractivity contribution is 9.09. The Labute approximate surface area is 110 Å². The predicted molar refractivity (Wildman–Crippen MR) is 65.3 cm³/mol. The lowest BCUT2D eigenvalue weighted by Crippen LogP contribution is -2.31. The number of hydrogen-bond donors (Lipinski definition) is 3. The van der Waals surface area contributed by atoms with Crippen molar-refractivity contribution in [1.29, 1.82) is 0 Å². The van der Waals surface area contributed by atoms with Crippen LogP contribution >= 0.6 is 15.9 Å². The summed E-state index contributed by atoms with van der Waals surface area (Å²) in [6.45, 7) is 0.397. The molecule has 0 fully saturated rings. The second kappa shape index (κ2) is 11.3. The third-order valence-corrected chi connectivity index (χ3v) is 2.63. The monoisotopic (exact) mass is 316 g/mol. The highest BCUT2D eigenvalue weighted by atomic mass is 79.9. The van der Waals surface area contributed by atoms with E-state index in [4.69, 9.17) is 24.4 Å². The Balaban J connectivity index is 3.53. The van der Waals surface area contributed by atoms with E-state index in [1.54, 1.807) is 0 Å². The first kappa shape index (κ1) is 17.2. The summed E-state index contributed by atoms with van der Waals surface area (Å²) in [5.41, 5.74) is 0. The Hall–Kier alpha value is 0.240. The van der Waals surface area contributed by atoms with Crippen LogP contribution in [0, 0.1) is 0 Å². The lowest BCUT2D eigenvalue weighted by molar-refractivity contribution is -0.0817. The van der Waals surface area contributed by atoms with E-state index in [-0.39, 0.29) is 33.0 Å². The van der Waals surface area contributed by atoms with Gasteiger partial charge in [0.2, 0.25) is 0 Å². The van der Waals surface area contributed by atoms with Crippen LogP contribution < -0.4 is 0 Å². The average Bonchev–Trinajstić information content (AvgIpc) is 2.34. The highest BCUT2D eigenvalue weighted by Gasteiger charge is 2.12. The van der Waals surface area contributed by atoms with Crippen LogP contribution in [0.25, 0.3) is 0 Å². The van der Waals surface area contributed by atoms with Crippen LogP contribution in [0.1, 0.15) is 0 Å². The molecule has 104 valence electrons. The minimum absolute atomic E-state index is 0.0546. The molecule has 0 aromatic heterocycles. The van der Waals surface area contributed by atoms with Crippen molar-refractivity contribution in [1.82, 2.24) is 0 Å². The van der Waals surface area contributed by atoms with Gasteiger partial charge in [0, 0.05) is 12.4 Å². The fraction of sp³-hybridized carbons (Fsp3) is 1.00. The number of aliphatic hydroxyl groups excluding tert-OH is 3. The molecule has 0 bridgehead atoms. The minimum Gasteiger partial charge on any atom is -0.394 e. The van der Waals surface area contributed by atoms with Crippen molar-refractivity contribution in [3.8, 4) is 0 Å². The van der Waals surface area contributed by atoms with E-state index >= 15 is 0 Å². The van der Waals surface area contributed by atoms with Crippen molar-refractivity contribution in [2.75, 3.05) is 45.5 Å². The Morgan fingerprint density at radius 3 is 2.24 bits per heavy atom. The summed E-state index contributed by atoms with van der Waals surface area (Å²) in [6.07, 6.45) is -1.81. The van der Waals surface area contributed by atoms with Crippen molar-refractivity contribution < 1.29 is 29.5 Å². The van der Waals surface area contributed by atoms with Crippen LogP contribution in [-0.4, -0.2) is 79.1 Å². The third-order valence-electron chi connectivity index (χ3n) is 1.88. The molecule has 0 rings (SSSR count). The standard InChI is InChI=1S/C10H21BrO6/c1-15-7-10(3-12)17-6-9(14)5-16-4-8(13)2-11/h8-10,12-14H,2-7H2,1H3. The van der Waals surface area contributed by atoms with Crippen molar-refractivity contribution >= 4 is 15.9 Å². The number of alkyl halides is 1. The molecule has 0 aliphatic rings. The van der Waals surface area contributed by atoms with Gasteiger partial charge >= 0.3 is 0 Å². The summed E-state index contributed by atoms with van der Waals surface area (Å²) in [5.74, 6) is 0. The van der Waals surface area contributed by atoms with Gasteiger partial charge in [0.25, 0.3) is 0 Å². The van der Waals surface area contributed by atoms with Crippen LogP contribution in [0.3, 0.4) is 0 Å². The lowest BCUT2D eigenvalue weighted by atomic mass is 10.3. The Morgan fingerprint density at radius 1 is 1.06 bits per heavy atom. The van der Waals surface area contributed by atoms with Crippen LogP contribution in [0.4, 0.5) is 0 Å². The maximum atomic E-state index is 9.48. The summed E-state index contributed by atoms with van der Waals surface area (Å²) in [6, 6.07) is 0. The van der Waals surface area contributed by atoms with Gasteiger partial charge in [-0.25, -0.2) is 0 Å². The molecule has 0 aliphatic carbocycles. The van der Waals surface area contributed by atoms with Crippen molar-refractivity contribution in [2.24, 2.45) is 0 Å². The largest absolute Gasteiger partial charge is 0.394 e. The molecule has 6 nitrogen and oxygen atoms in total. The topological polar surface area (TPSA) is 88.4 Å². The smallest absolute Gasteiger partial charge is 0.104 e. The maximum Gasteiger partial charge on any atom is 0.104 e. The van der Waals surface area contributed by atoms with Crippen molar-refractivity contribution in [3.05, 3.63) is 0 Å². The minimum atomic E-state index is -0.788. The first-order valence-corrected chi connectivity index (χ1v) is 6.47. The number of methoxy groups -OCH3 is 1. The number of ether oxygens (including phenoxy) is 3. The van der Waals surface area contributed by atoms with Gasteiger partial charge < -0.3 is 29.5 Å². The first-order chi connectivity index (χ1) is 8.13. The lowest BCUT2D eigenvalue weighted by Gasteiger charge is -2.18. The molecule has 0 saturated carbocycles. The molecule has 7 heteroatoms. The molecule has 0 heterocycles.